The molecule has 3 aromatic rings. The minimum atomic E-state index is -0.553. The van der Waals surface area contributed by atoms with Crippen LogP contribution in [0.5, 0.6) is 0 Å². The van der Waals surface area contributed by atoms with Gasteiger partial charge in [0, 0.05) is 11.4 Å². The van der Waals surface area contributed by atoms with Crippen molar-refractivity contribution in [3.63, 3.8) is 0 Å². The first-order valence-electron chi connectivity index (χ1n) is 9.11. The van der Waals surface area contributed by atoms with Crippen molar-refractivity contribution in [2.75, 3.05) is 6.61 Å². The summed E-state index contributed by atoms with van der Waals surface area (Å²) in [6.45, 7) is -0.290. The van der Waals surface area contributed by atoms with Gasteiger partial charge in [0.05, 0.1) is 17.3 Å². The third kappa shape index (κ3) is 3.84. The Morgan fingerprint density at radius 3 is 2.74 bits per heavy atom. The number of ether oxygens (including phenoxy) is 1. The van der Waals surface area contributed by atoms with Gasteiger partial charge in [-0.05, 0) is 37.1 Å². The Labute approximate surface area is 156 Å². The average Bonchev–Trinajstić information content (AvgIpc) is 3.39. The van der Waals surface area contributed by atoms with Crippen LogP contribution in [0.2, 0.25) is 0 Å². The number of hydrogen-bond acceptors (Lipinski definition) is 5. The molecule has 0 aliphatic heterocycles. The Kier molecular flexibility index (Phi) is 4.87. The number of rotatable bonds is 5. The number of carbonyl (C=O) groups excluding carboxylic acids is 2. The van der Waals surface area contributed by atoms with Gasteiger partial charge >= 0.3 is 5.97 Å². The fourth-order valence-corrected chi connectivity index (χ4v) is 3.44. The number of para-hydroxylation sites is 1. The molecule has 1 aliphatic rings. The molecule has 0 unspecified atom stereocenters. The first kappa shape index (κ1) is 17.3. The van der Waals surface area contributed by atoms with Crippen molar-refractivity contribution >= 4 is 22.8 Å². The third-order valence-corrected chi connectivity index (χ3v) is 4.76. The number of carbonyl (C=O) groups is 2. The SMILES string of the molecule is O=C(COC(=O)c1cc(-c2ccco2)nc2ccccc12)NC1CCCC1. The van der Waals surface area contributed by atoms with Gasteiger partial charge in [-0.1, -0.05) is 31.0 Å². The molecular formula is C21H20N2O4. The molecule has 6 heteroatoms. The van der Waals surface area contributed by atoms with Crippen LogP contribution in [0.15, 0.2) is 53.1 Å². The number of fused-ring (bicyclic) bond motifs is 1. The van der Waals surface area contributed by atoms with Crippen LogP contribution in [0.25, 0.3) is 22.4 Å². The topological polar surface area (TPSA) is 81.4 Å². The van der Waals surface area contributed by atoms with E-state index in [1.165, 1.54) is 0 Å². The Morgan fingerprint density at radius 1 is 1.15 bits per heavy atom. The summed E-state index contributed by atoms with van der Waals surface area (Å²) < 4.78 is 10.7. The number of pyridine rings is 1. The van der Waals surface area contributed by atoms with Gasteiger partial charge in [0.15, 0.2) is 12.4 Å². The van der Waals surface area contributed by atoms with Gasteiger partial charge in [-0.25, -0.2) is 9.78 Å². The second-order valence-electron chi connectivity index (χ2n) is 6.67. The molecule has 0 bridgehead atoms. The van der Waals surface area contributed by atoms with Crippen molar-refractivity contribution < 1.29 is 18.7 Å². The van der Waals surface area contributed by atoms with E-state index in [9.17, 15) is 9.59 Å². The fourth-order valence-electron chi connectivity index (χ4n) is 3.44. The minimum absolute atomic E-state index is 0.198. The monoisotopic (exact) mass is 364 g/mol. The van der Waals surface area contributed by atoms with E-state index in [-0.39, 0.29) is 18.6 Å². The van der Waals surface area contributed by atoms with Gasteiger partial charge in [0.1, 0.15) is 5.69 Å². The molecule has 0 saturated heterocycles. The number of nitrogens with zero attached hydrogens (tertiary/aromatic N) is 1. The van der Waals surface area contributed by atoms with Crippen LogP contribution in [-0.4, -0.2) is 29.5 Å². The van der Waals surface area contributed by atoms with E-state index in [4.69, 9.17) is 9.15 Å². The Hall–Kier alpha value is -3.15. The average molecular weight is 364 g/mol. The van der Waals surface area contributed by atoms with Gasteiger partial charge in [-0.3, -0.25) is 4.79 Å². The Morgan fingerprint density at radius 2 is 1.96 bits per heavy atom. The Balaban J connectivity index is 1.54. The lowest BCUT2D eigenvalue weighted by molar-refractivity contribution is -0.124. The van der Waals surface area contributed by atoms with Crippen LogP contribution >= 0.6 is 0 Å². The molecule has 138 valence electrons. The highest BCUT2D eigenvalue weighted by atomic mass is 16.5. The van der Waals surface area contributed by atoms with Gasteiger partial charge in [0.2, 0.25) is 0 Å². The van der Waals surface area contributed by atoms with Crippen molar-refractivity contribution in [2.45, 2.75) is 31.7 Å². The summed E-state index contributed by atoms with van der Waals surface area (Å²) in [6, 6.07) is 12.7. The second kappa shape index (κ2) is 7.61. The van der Waals surface area contributed by atoms with Crippen LogP contribution in [0.4, 0.5) is 0 Å². The predicted octanol–water partition coefficient (Wildman–Crippen LogP) is 3.71. The summed E-state index contributed by atoms with van der Waals surface area (Å²) in [4.78, 5) is 29.2. The van der Waals surface area contributed by atoms with Gasteiger partial charge in [0.25, 0.3) is 5.91 Å². The molecule has 1 aliphatic carbocycles. The van der Waals surface area contributed by atoms with Gasteiger partial charge in [-0.2, -0.15) is 0 Å². The molecule has 2 heterocycles. The minimum Gasteiger partial charge on any atom is -0.463 e. The van der Waals surface area contributed by atoms with Crippen LogP contribution in [-0.2, 0) is 9.53 Å². The molecule has 0 radical (unpaired) electrons. The van der Waals surface area contributed by atoms with E-state index >= 15 is 0 Å². The number of esters is 1. The maximum Gasteiger partial charge on any atom is 0.339 e. The van der Waals surface area contributed by atoms with Crippen LogP contribution < -0.4 is 5.32 Å². The lowest BCUT2D eigenvalue weighted by atomic mass is 10.1. The van der Waals surface area contributed by atoms with Crippen LogP contribution in [0, 0.1) is 0 Å². The molecule has 1 N–H and O–H groups in total. The molecule has 1 amide bonds. The molecule has 1 aromatic carbocycles. The molecule has 4 rings (SSSR count). The van der Waals surface area contributed by atoms with E-state index in [1.54, 1.807) is 24.5 Å². The highest BCUT2D eigenvalue weighted by Gasteiger charge is 2.20. The molecule has 0 spiro atoms. The van der Waals surface area contributed by atoms with Crippen molar-refractivity contribution in [1.82, 2.24) is 10.3 Å². The molecule has 27 heavy (non-hydrogen) atoms. The number of nitrogens with one attached hydrogen (secondary N) is 1. The summed E-state index contributed by atoms with van der Waals surface area (Å²) in [5.74, 6) is -0.253. The zero-order valence-corrected chi connectivity index (χ0v) is 14.8. The maximum absolute atomic E-state index is 12.7. The zero-order valence-electron chi connectivity index (χ0n) is 14.8. The number of aromatic nitrogens is 1. The third-order valence-electron chi connectivity index (χ3n) is 4.76. The quantitative estimate of drug-likeness (QED) is 0.698. The normalized spacial score (nSPS) is 14.4. The molecule has 6 nitrogen and oxygen atoms in total. The first-order chi connectivity index (χ1) is 13.2. The molecule has 0 atom stereocenters. The summed E-state index contributed by atoms with van der Waals surface area (Å²) in [7, 11) is 0. The van der Waals surface area contributed by atoms with Crippen molar-refractivity contribution in [3.8, 4) is 11.5 Å². The van der Waals surface area contributed by atoms with Crippen LogP contribution in [0.1, 0.15) is 36.0 Å². The highest BCUT2D eigenvalue weighted by Crippen LogP contribution is 2.25. The maximum atomic E-state index is 12.7. The number of hydrogen-bond donors (Lipinski definition) is 1. The van der Waals surface area contributed by atoms with Crippen molar-refractivity contribution in [1.29, 1.82) is 0 Å². The number of amides is 1. The molecular weight excluding hydrogens is 344 g/mol. The number of furan rings is 1. The first-order valence-corrected chi connectivity index (χ1v) is 9.11. The molecule has 2 aromatic heterocycles. The lowest BCUT2D eigenvalue weighted by Crippen LogP contribution is -2.35. The van der Waals surface area contributed by atoms with E-state index < -0.39 is 5.97 Å². The number of benzene rings is 1. The van der Waals surface area contributed by atoms with E-state index in [1.807, 2.05) is 24.3 Å². The summed E-state index contributed by atoms with van der Waals surface area (Å²) >= 11 is 0. The summed E-state index contributed by atoms with van der Waals surface area (Å²) in [5, 5.41) is 3.59. The van der Waals surface area contributed by atoms with E-state index in [0.717, 1.165) is 25.7 Å². The van der Waals surface area contributed by atoms with Crippen molar-refractivity contribution in [2.24, 2.45) is 0 Å². The summed E-state index contributed by atoms with van der Waals surface area (Å²) in [6.07, 6.45) is 5.78. The second-order valence-corrected chi connectivity index (χ2v) is 6.67. The Bertz CT molecular complexity index is 959. The predicted molar refractivity (Wildman–Crippen MR) is 100 cm³/mol. The van der Waals surface area contributed by atoms with Gasteiger partial charge in [-0.15, -0.1) is 0 Å². The van der Waals surface area contributed by atoms with E-state index in [2.05, 4.69) is 10.3 Å². The zero-order chi connectivity index (χ0) is 18.6. The highest BCUT2D eigenvalue weighted by molar-refractivity contribution is 6.05. The fraction of sp³-hybridized carbons (Fsp3) is 0.286. The summed E-state index contributed by atoms with van der Waals surface area (Å²) in [5.41, 5.74) is 1.57. The molecule has 1 fully saturated rings. The van der Waals surface area contributed by atoms with Crippen LogP contribution in [0.3, 0.4) is 0 Å². The standard InChI is InChI=1S/C21H20N2O4/c24-20(22-14-6-1-2-7-14)13-27-21(25)16-12-18(19-10-5-11-26-19)23-17-9-4-3-8-15(16)17/h3-5,8-12,14H,1-2,6-7,13H2,(H,22,24). The smallest absolute Gasteiger partial charge is 0.339 e. The van der Waals surface area contributed by atoms with Gasteiger partial charge < -0.3 is 14.5 Å². The lowest BCUT2D eigenvalue weighted by Gasteiger charge is -2.12. The molecule has 1 saturated carbocycles. The van der Waals surface area contributed by atoms with E-state index in [0.29, 0.717) is 27.9 Å². The van der Waals surface area contributed by atoms with Crippen molar-refractivity contribution in [3.05, 3.63) is 54.3 Å². The largest absolute Gasteiger partial charge is 0.463 e.